The standard InChI is InChI=1S/C12H14F3N5S/c1-3-16-11-19-9(12(13,14)15)4-10(20-11)17-5-8-7(2)18-6-21-8/h4,6H,3,5H2,1-2H3,(H2,16,17,19,20). The van der Waals surface area contributed by atoms with Gasteiger partial charge in [0, 0.05) is 17.5 Å². The van der Waals surface area contributed by atoms with E-state index in [2.05, 4.69) is 25.6 Å². The number of alkyl halides is 3. The maximum atomic E-state index is 12.8. The van der Waals surface area contributed by atoms with Gasteiger partial charge >= 0.3 is 6.18 Å². The molecule has 0 atom stereocenters. The molecule has 2 rings (SSSR count). The Morgan fingerprint density at radius 2 is 2.00 bits per heavy atom. The van der Waals surface area contributed by atoms with Crippen molar-refractivity contribution in [3.8, 4) is 0 Å². The molecule has 0 radical (unpaired) electrons. The van der Waals surface area contributed by atoms with Crippen molar-refractivity contribution in [2.75, 3.05) is 17.2 Å². The maximum absolute atomic E-state index is 12.8. The van der Waals surface area contributed by atoms with Crippen molar-refractivity contribution in [1.29, 1.82) is 0 Å². The second-order valence-corrected chi connectivity index (χ2v) is 5.14. The van der Waals surface area contributed by atoms with E-state index in [1.165, 1.54) is 11.3 Å². The quantitative estimate of drug-likeness (QED) is 0.886. The molecule has 0 saturated heterocycles. The van der Waals surface area contributed by atoms with E-state index in [4.69, 9.17) is 0 Å². The summed E-state index contributed by atoms with van der Waals surface area (Å²) in [6.45, 7) is 4.42. The Bertz CT molecular complexity index is 611. The van der Waals surface area contributed by atoms with Crippen LogP contribution in [0.4, 0.5) is 24.9 Å². The molecule has 2 heterocycles. The number of hydrogen-bond acceptors (Lipinski definition) is 6. The molecule has 0 aliphatic carbocycles. The van der Waals surface area contributed by atoms with Crippen LogP contribution in [-0.4, -0.2) is 21.5 Å². The van der Waals surface area contributed by atoms with Crippen LogP contribution in [0.5, 0.6) is 0 Å². The molecule has 9 heteroatoms. The number of hydrogen-bond donors (Lipinski definition) is 2. The second kappa shape index (κ2) is 6.25. The summed E-state index contributed by atoms with van der Waals surface area (Å²) >= 11 is 1.44. The molecule has 21 heavy (non-hydrogen) atoms. The molecule has 0 aromatic carbocycles. The molecule has 0 bridgehead atoms. The van der Waals surface area contributed by atoms with Crippen LogP contribution >= 0.6 is 11.3 Å². The summed E-state index contributed by atoms with van der Waals surface area (Å²) in [5.41, 5.74) is 1.57. The molecule has 0 aliphatic heterocycles. The van der Waals surface area contributed by atoms with E-state index >= 15 is 0 Å². The number of thiazole rings is 1. The smallest absolute Gasteiger partial charge is 0.365 e. The number of halogens is 3. The number of rotatable bonds is 5. The maximum Gasteiger partial charge on any atom is 0.433 e. The lowest BCUT2D eigenvalue weighted by Crippen LogP contribution is -2.14. The third-order valence-electron chi connectivity index (χ3n) is 2.63. The van der Waals surface area contributed by atoms with E-state index in [9.17, 15) is 13.2 Å². The average molecular weight is 317 g/mol. The van der Waals surface area contributed by atoms with E-state index < -0.39 is 11.9 Å². The molecule has 5 nitrogen and oxygen atoms in total. The van der Waals surface area contributed by atoms with Crippen molar-refractivity contribution in [2.24, 2.45) is 0 Å². The monoisotopic (exact) mass is 317 g/mol. The van der Waals surface area contributed by atoms with Crippen LogP contribution in [0.15, 0.2) is 11.6 Å². The highest BCUT2D eigenvalue weighted by Crippen LogP contribution is 2.29. The number of nitrogens with one attached hydrogen (secondary N) is 2. The molecule has 2 aromatic rings. The zero-order valence-corrected chi connectivity index (χ0v) is 12.3. The molecular weight excluding hydrogens is 303 g/mol. The summed E-state index contributed by atoms with van der Waals surface area (Å²) in [5.74, 6) is 0.0805. The summed E-state index contributed by atoms with van der Waals surface area (Å²) < 4.78 is 38.4. The van der Waals surface area contributed by atoms with Crippen LogP contribution in [0, 0.1) is 6.92 Å². The van der Waals surface area contributed by atoms with Crippen molar-refractivity contribution in [3.63, 3.8) is 0 Å². The Morgan fingerprint density at radius 3 is 2.57 bits per heavy atom. The van der Waals surface area contributed by atoms with Crippen molar-refractivity contribution in [2.45, 2.75) is 26.6 Å². The zero-order chi connectivity index (χ0) is 15.5. The SMILES string of the molecule is CCNc1nc(NCc2scnc2C)cc(C(F)(F)F)n1. The summed E-state index contributed by atoms with van der Waals surface area (Å²) in [4.78, 5) is 12.5. The first-order valence-electron chi connectivity index (χ1n) is 6.23. The van der Waals surface area contributed by atoms with Crippen LogP contribution in [-0.2, 0) is 12.7 Å². The molecule has 0 amide bonds. The predicted octanol–water partition coefficient (Wildman–Crippen LogP) is 3.30. The van der Waals surface area contributed by atoms with Gasteiger partial charge in [-0.15, -0.1) is 11.3 Å². The van der Waals surface area contributed by atoms with Gasteiger partial charge in [0.05, 0.1) is 17.7 Å². The highest BCUT2D eigenvalue weighted by Gasteiger charge is 2.33. The molecule has 2 aromatic heterocycles. The second-order valence-electron chi connectivity index (χ2n) is 4.20. The Labute approximate surface area is 123 Å². The molecule has 2 N–H and O–H groups in total. The van der Waals surface area contributed by atoms with E-state index in [0.717, 1.165) is 16.6 Å². The largest absolute Gasteiger partial charge is 0.433 e. The number of aryl methyl sites for hydroxylation is 1. The zero-order valence-electron chi connectivity index (χ0n) is 11.5. The fourth-order valence-electron chi connectivity index (χ4n) is 1.59. The van der Waals surface area contributed by atoms with E-state index in [1.807, 2.05) is 6.92 Å². The van der Waals surface area contributed by atoms with Gasteiger partial charge in [-0.05, 0) is 13.8 Å². The normalized spacial score (nSPS) is 11.5. The van der Waals surface area contributed by atoms with Crippen molar-refractivity contribution in [3.05, 3.63) is 27.8 Å². The summed E-state index contributed by atoms with van der Waals surface area (Å²) in [6, 6.07) is 0.900. The predicted molar refractivity (Wildman–Crippen MR) is 75.4 cm³/mol. The third kappa shape index (κ3) is 4.03. The fraction of sp³-hybridized carbons (Fsp3) is 0.417. The van der Waals surface area contributed by atoms with E-state index in [-0.39, 0.29) is 11.8 Å². The average Bonchev–Trinajstić information content (AvgIpc) is 2.81. The highest BCUT2D eigenvalue weighted by molar-refractivity contribution is 7.09. The van der Waals surface area contributed by atoms with Gasteiger partial charge in [-0.2, -0.15) is 18.2 Å². The lowest BCUT2D eigenvalue weighted by atomic mass is 10.3. The highest BCUT2D eigenvalue weighted by atomic mass is 32.1. The van der Waals surface area contributed by atoms with Crippen molar-refractivity contribution >= 4 is 23.1 Å². The lowest BCUT2D eigenvalue weighted by Gasteiger charge is -2.12. The summed E-state index contributed by atoms with van der Waals surface area (Å²) in [7, 11) is 0. The Kier molecular flexibility index (Phi) is 4.61. The molecule has 0 fully saturated rings. The molecule has 0 spiro atoms. The molecular formula is C12H14F3N5S. The number of anilines is 2. The Morgan fingerprint density at radius 1 is 1.24 bits per heavy atom. The lowest BCUT2D eigenvalue weighted by molar-refractivity contribution is -0.141. The van der Waals surface area contributed by atoms with Crippen molar-refractivity contribution < 1.29 is 13.2 Å². The number of aromatic nitrogens is 3. The fourth-order valence-corrected chi connectivity index (χ4v) is 2.30. The number of nitrogens with zero attached hydrogens (tertiary/aromatic N) is 3. The summed E-state index contributed by atoms with van der Waals surface area (Å²) in [6.07, 6.45) is -4.51. The molecule has 0 saturated carbocycles. The van der Waals surface area contributed by atoms with Crippen LogP contribution in [0.3, 0.4) is 0 Å². The van der Waals surface area contributed by atoms with E-state index in [1.54, 1.807) is 12.4 Å². The van der Waals surface area contributed by atoms with Gasteiger partial charge in [0.25, 0.3) is 0 Å². The van der Waals surface area contributed by atoms with Gasteiger partial charge < -0.3 is 10.6 Å². The van der Waals surface area contributed by atoms with Gasteiger partial charge in [-0.3, -0.25) is 0 Å². The van der Waals surface area contributed by atoms with Gasteiger partial charge in [0.15, 0.2) is 5.69 Å². The Hall–Kier alpha value is -1.90. The minimum Gasteiger partial charge on any atom is -0.365 e. The van der Waals surface area contributed by atoms with Gasteiger partial charge in [0.1, 0.15) is 5.82 Å². The van der Waals surface area contributed by atoms with Gasteiger partial charge in [-0.25, -0.2) is 9.97 Å². The van der Waals surface area contributed by atoms with Crippen LogP contribution < -0.4 is 10.6 Å². The first kappa shape index (κ1) is 15.5. The van der Waals surface area contributed by atoms with Crippen molar-refractivity contribution in [1.82, 2.24) is 15.0 Å². The minimum atomic E-state index is -4.51. The third-order valence-corrected chi connectivity index (χ3v) is 3.56. The first-order valence-corrected chi connectivity index (χ1v) is 7.11. The van der Waals surface area contributed by atoms with Gasteiger partial charge in [-0.1, -0.05) is 0 Å². The van der Waals surface area contributed by atoms with Crippen LogP contribution in [0.25, 0.3) is 0 Å². The van der Waals surface area contributed by atoms with Crippen LogP contribution in [0.1, 0.15) is 23.2 Å². The van der Waals surface area contributed by atoms with E-state index in [0.29, 0.717) is 13.1 Å². The summed E-state index contributed by atoms with van der Waals surface area (Å²) in [5, 5.41) is 5.57. The van der Waals surface area contributed by atoms with Crippen LogP contribution in [0.2, 0.25) is 0 Å². The Balaban J connectivity index is 2.21. The molecule has 0 aliphatic rings. The topological polar surface area (TPSA) is 62.7 Å². The first-order chi connectivity index (χ1) is 9.90. The molecule has 0 unspecified atom stereocenters. The molecule has 114 valence electrons. The van der Waals surface area contributed by atoms with Gasteiger partial charge in [0.2, 0.25) is 5.95 Å². The minimum absolute atomic E-state index is 0.0455.